The third-order valence-electron chi connectivity index (χ3n) is 16.1. The van der Waals surface area contributed by atoms with Gasteiger partial charge in [0.2, 0.25) is 5.91 Å². The van der Waals surface area contributed by atoms with E-state index in [0.717, 1.165) is 57.5 Å². The zero-order valence-electron chi connectivity index (χ0n) is 38.2. The molecule has 6 aliphatic heterocycles. The summed E-state index contributed by atoms with van der Waals surface area (Å²) < 4.78 is 6.15. The summed E-state index contributed by atoms with van der Waals surface area (Å²) in [5.41, 5.74) is 16.0. The lowest BCUT2D eigenvalue weighted by Gasteiger charge is -2.39. The van der Waals surface area contributed by atoms with Crippen molar-refractivity contribution < 1.29 is 9.53 Å². The van der Waals surface area contributed by atoms with Crippen LogP contribution in [0.25, 0.3) is 0 Å². The number of hydrogen-bond donors (Lipinski definition) is 5. The Hall–Kier alpha value is -2.28. The Morgan fingerprint density at radius 3 is 2.60 bits per heavy atom. The lowest BCUT2D eigenvalue weighted by atomic mass is 9.69. The van der Waals surface area contributed by atoms with Crippen molar-refractivity contribution in [3.63, 3.8) is 0 Å². The highest BCUT2D eigenvalue weighted by atomic mass is 35.5. The van der Waals surface area contributed by atoms with Crippen molar-refractivity contribution in [1.29, 1.82) is 5.26 Å². The highest BCUT2D eigenvalue weighted by Gasteiger charge is 2.54. The van der Waals surface area contributed by atoms with E-state index in [2.05, 4.69) is 102 Å². The molecule has 14 heteroatoms. The Bertz CT molecular complexity index is 1780. The summed E-state index contributed by atoms with van der Waals surface area (Å²) >= 11 is 8.36. The summed E-state index contributed by atoms with van der Waals surface area (Å²) in [6.45, 7) is 16.6. The fraction of sp³-hybridized carbons (Fsp3) is 0.792. The number of nitriles is 1. The van der Waals surface area contributed by atoms with Crippen molar-refractivity contribution in [1.82, 2.24) is 36.8 Å². The largest absolute Gasteiger partial charge is 0.490 e. The van der Waals surface area contributed by atoms with E-state index in [-0.39, 0.29) is 42.5 Å². The van der Waals surface area contributed by atoms with Gasteiger partial charge in [0.05, 0.1) is 46.6 Å². The molecule has 1 saturated carbocycles. The Balaban J connectivity index is 0.767. The summed E-state index contributed by atoms with van der Waals surface area (Å²) in [4.78, 5) is 29.6. The molecule has 13 unspecified atom stereocenters. The van der Waals surface area contributed by atoms with Crippen LogP contribution < -0.4 is 31.8 Å². The van der Waals surface area contributed by atoms with Gasteiger partial charge in [0, 0.05) is 47.2 Å². The normalized spacial score (nSPS) is 39.7. The monoisotopic (exact) mass is 891 g/mol. The van der Waals surface area contributed by atoms with Crippen molar-refractivity contribution >= 4 is 41.2 Å². The molecule has 0 spiro atoms. The number of nitrogens with one attached hydrogen (secondary N) is 5. The molecule has 1 aromatic rings. The van der Waals surface area contributed by atoms with Gasteiger partial charge in [-0.15, -0.1) is 11.8 Å². The molecule has 5 fully saturated rings. The average Bonchev–Trinajstić information content (AvgIpc) is 3.64. The number of hydrazine groups is 2. The number of carbonyl (C=O) groups excluding carboxylic acids is 1. The van der Waals surface area contributed by atoms with Gasteiger partial charge in [-0.3, -0.25) is 24.6 Å². The van der Waals surface area contributed by atoms with E-state index in [1.807, 2.05) is 0 Å². The van der Waals surface area contributed by atoms with Gasteiger partial charge >= 0.3 is 0 Å². The van der Waals surface area contributed by atoms with E-state index in [4.69, 9.17) is 31.6 Å². The maximum absolute atomic E-state index is 13.3. The molecule has 0 radical (unpaired) electrons. The molecule has 0 aromatic heterocycles. The molecular weight excluding hydrogens is 816 g/mol. The minimum Gasteiger partial charge on any atom is -0.490 e. The first-order valence-electron chi connectivity index (χ1n) is 24.5. The molecule has 14 atom stereocenters. The van der Waals surface area contributed by atoms with Gasteiger partial charge in [0.25, 0.3) is 0 Å². The second-order valence-corrected chi connectivity index (χ2v) is 22.0. The number of hydrogen-bond acceptors (Lipinski definition) is 12. The highest BCUT2D eigenvalue weighted by molar-refractivity contribution is 8.00. The third kappa shape index (κ3) is 10.4. The molecule has 1 amide bonds. The van der Waals surface area contributed by atoms with Crippen LogP contribution in [0.15, 0.2) is 28.2 Å². The predicted molar refractivity (Wildman–Crippen MR) is 252 cm³/mol. The van der Waals surface area contributed by atoms with Crippen LogP contribution in [0.5, 0.6) is 5.75 Å². The van der Waals surface area contributed by atoms with E-state index in [1.54, 1.807) is 18.2 Å². The first kappa shape index (κ1) is 46.3. The maximum Gasteiger partial charge on any atom is 0.238 e. The van der Waals surface area contributed by atoms with Gasteiger partial charge < -0.3 is 10.1 Å². The number of carbonyl (C=O) groups is 1. The van der Waals surface area contributed by atoms with Crippen molar-refractivity contribution in [2.75, 3.05) is 13.1 Å². The fourth-order valence-electron chi connectivity index (χ4n) is 12.0. The van der Waals surface area contributed by atoms with Gasteiger partial charge in [-0.1, -0.05) is 58.6 Å². The Morgan fingerprint density at radius 1 is 1.03 bits per heavy atom. The van der Waals surface area contributed by atoms with Crippen LogP contribution in [0.4, 0.5) is 0 Å². The fourth-order valence-corrected chi connectivity index (χ4v) is 14.0. The first-order chi connectivity index (χ1) is 30.0. The molecule has 62 heavy (non-hydrogen) atoms. The van der Waals surface area contributed by atoms with Gasteiger partial charge in [-0.2, -0.15) is 5.26 Å². The number of nitrogens with zero attached hydrogens (tertiary/aromatic N) is 5. The molecule has 7 aliphatic rings. The predicted octanol–water partition coefficient (Wildman–Crippen LogP) is 7.63. The summed E-state index contributed by atoms with van der Waals surface area (Å²) in [6, 6.07) is 7.86. The van der Waals surface area contributed by atoms with Crippen LogP contribution in [0, 0.1) is 46.8 Å². The third-order valence-corrected chi connectivity index (χ3v) is 18.1. The molecule has 5 N–H and O–H groups in total. The van der Waals surface area contributed by atoms with Gasteiger partial charge in [0.15, 0.2) is 0 Å². The molecule has 1 aliphatic carbocycles. The quantitative estimate of drug-likeness (QED) is 0.142. The van der Waals surface area contributed by atoms with Crippen molar-refractivity contribution in [2.24, 2.45) is 45.5 Å². The molecule has 342 valence electrons. The minimum absolute atomic E-state index is 0.0835. The number of fused-ring (bicyclic) bond motifs is 3. The van der Waals surface area contributed by atoms with Crippen LogP contribution >= 0.6 is 23.4 Å². The van der Waals surface area contributed by atoms with E-state index < -0.39 is 0 Å². The molecule has 0 bridgehead atoms. The zero-order valence-corrected chi connectivity index (χ0v) is 39.8. The Kier molecular flexibility index (Phi) is 15.6. The van der Waals surface area contributed by atoms with Crippen LogP contribution in [-0.4, -0.2) is 100 Å². The average molecular weight is 892 g/mol. The molecule has 6 heterocycles. The van der Waals surface area contributed by atoms with Crippen molar-refractivity contribution in [3.8, 4) is 11.8 Å². The Labute approximate surface area is 381 Å². The van der Waals surface area contributed by atoms with Crippen LogP contribution in [-0.2, 0) is 4.79 Å². The number of benzene rings is 1. The SMILES string of the molecule is CCC(C)C1CC(CCCC2CCCN(C3CCC(C(=O)NC4CCC(Oc5ccc(C#N)c(Cl)c5)CC4)NN3)CC2)N=CC1C1=N[C@@H](C)C2NNC(C)N2C2SC(C)C(C)C12. The van der Waals surface area contributed by atoms with Crippen LogP contribution in [0.3, 0.4) is 0 Å². The number of thioether (sulfide) groups is 1. The summed E-state index contributed by atoms with van der Waals surface area (Å²) in [5, 5.41) is 13.9. The molecule has 4 saturated heterocycles. The number of halogens is 1. The standard InChI is InChI=1S/C48H75ClN10O2S/c1-7-28(2)39-24-36(51-27-40(39)45-44-29(3)31(5)62-48(44)59-32(6)54-57-46(59)30(4)52-45)12-8-10-33-11-9-22-58(23-21-33)43-20-19-42(55-56-43)47(60)53-35-14-17-37(18-15-35)61-38-16-13-34(26-50)41(49)25-38/h13,16,25,27-33,35-37,39-40,42-44,46,48,54-57H,7-12,14-15,17-24H2,1-6H3,(H,53,60)/t28?,29?,30-,31?,32?,33?,35?,36?,37?,39?,40?,42?,43?,44?,46?,48?/m0/s1. The van der Waals surface area contributed by atoms with E-state index in [0.29, 0.717) is 68.8 Å². The Morgan fingerprint density at radius 2 is 1.85 bits per heavy atom. The topological polar surface area (TPSA) is 141 Å². The van der Waals surface area contributed by atoms with Crippen molar-refractivity contribution in [3.05, 3.63) is 28.8 Å². The number of amides is 1. The highest BCUT2D eigenvalue weighted by Crippen LogP contribution is 2.50. The first-order valence-corrected chi connectivity index (χ1v) is 25.8. The number of rotatable bonds is 12. The summed E-state index contributed by atoms with van der Waals surface area (Å²) in [5.74, 6) is 4.16. The number of aliphatic imine (C=N–C) groups is 2. The van der Waals surface area contributed by atoms with E-state index >= 15 is 0 Å². The smallest absolute Gasteiger partial charge is 0.238 e. The summed E-state index contributed by atoms with van der Waals surface area (Å²) in [6.07, 6.45) is 18.5. The summed E-state index contributed by atoms with van der Waals surface area (Å²) in [7, 11) is 0. The van der Waals surface area contributed by atoms with Crippen molar-refractivity contribution in [2.45, 2.75) is 191 Å². The lowest BCUT2D eigenvalue weighted by molar-refractivity contribution is -0.125. The maximum atomic E-state index is 13.3. The van der Waals surface area contributed by atoms with E-state index in [9.17, 15) is 4.79 Å². The number of ether oxygens (including phenoxy) is 1. The zero-order chi connectivity index (χ0) is 43.5. The molecule has 1 aromatic carbocycles. The van der Waals surface area contributed by atoms with Gasteiger partial charge in [-0.05, 0) is 133 Å². The number of likely N-dealkylation sites (tertiary alicyclic amines) is 1. The van der Waals surface area contributed by atoms with Crippen LogP contribution in [0.1, 0.15) is 137 Å². The van der Waals surface area contributed by atoms with Crippen LogP contribution in [0.2, 0.25) is 5.02 Å². The molecular formula is C48H75ClN10O2S. The second kappa shape index (κ2) is 20.9. The molecule has 12 nitrogen and oxygen atoms in total. The second-order valence-electron chi connectivity index (χ2n) is 20.1. The van der Waals surface area contributed by atoms with E-state index in [1.165, 1.54) is 57.1 Å². The van der Waals surface area contributed by atoms with Gasteiger partial charge in [-0.25, -0.2) is 21.7 Å². The molecule has 8 rings (SSSR count). The van der Waals surface area contributed by atoms with Gasteiger partial charge in [0.1, 0.15) is 17.9 Å². The minimum atomic E-state index is -0.218. The lowest BCUT2D eigenvalue weighted by Crippen LogP contribution is -2.62.